The molecule has 0 aromatic heterocycles. The molecule has 0 fully saturated rings. The standard InChI is InChI=1S/C11H12ClNO/c1-7(8(2)11(13)14)9-5-3-4-6-10(9)12/h3-6H,1-2H3,(H2,13,14). The van der Waals surface area contributed by atoms with Crippen LogP contribution in [0, 0.1) is 0 Å². The molecule has 1 rings (SSSR count). The Morgan fingerprint density at radius 3 is 2.36 bits per heavy atom. The Morgan fingerprint density at radius 2 is 1.86 bits per heavy atom. The number of hydrogen-bond acceptors (Lipinski definition) is 1. The summed E-state index contributed by atoms with van der Waals surface area (Å²) in [5.74, 6) is -0.414. The van der Waals surface area contributed by atoms with Crippen molar-refractivity contribution in [3.63, 3.8) is 0 Å². The molecule has 0 spiro atoms. The van der Waals surface area contributed by atoms with Crippen LogP contribution < -0.4 is 5.73 Å². The average molecular weight is 210 g/mol. The van der Waals surface area contributed by atoms with E-state index in [0.717, 1.165) is 11.1 Å². The summed E-state index contributed by atoms with van der Waals surface area (Å²) in [4.78, 5) is 10.9. The summed E-state index contributed by atoms with van der Waals surface area (Å²) >= 11 is 5.98. The highest BCUT2D eigenvalue weighted by molar-refractivity contribution is 6.32. The molecule has 0 bridgehead atoms. The van der Waals surface area contributed by atoms with E-state index in [1.54, 1.807) is 13.0 Å². The molecular formula is C11H12ClNO. The molecule has 0 saturated carbocycles. The fraction of sp³-hybridized carbons (Fsp3) is 0.182. The molecule has 1 aromatic carbocycles. The summed E-state index contributed by atoms with van der Waals surface area (Å²) in [6, 6.07) is 7.37. The van der Waals surface area contributed by atoms with Crippen molar-refractivity contribution in [1.82, 2.24) is 0 Å². The molecule has 0 aliphatic heterocycles. The zero-order valence-corrected chi connectivity index (χ0v) is 8.93. The van der Waals surface area contributed by atoms with E-state index in [-0.39, 0.29) is 0 Å². The predicted octanol–water partition coefficient (Wildman–Crippen LogP) is 2.62. The van der Waals surface area contributed by atoms with Crippen LogP contribution in [0.4, 0.5) is 0 Å². The number of halogens is 1. The lowest BCUT2D eigenvalue weighted by molar-refractivity contribution is -0.114. The molecule has 0 aliphatic carbocycles. The van der Waals surface area contributed by atoms with Gasteiger partial charge in [-0.15, -0.1) is 0 Å². The van der Waals surface area contributed by atoms with Gasteiger partial charge in [0.2, 0.25) is 5.91 Å². The summed E-state index contributed by atoms with van der Waals surface area (Å²) in [5, 5.41) is 0.630. The highest BCUT2D eigenvalue weighted by atomic mass is 35.5. The minimum Gasteiger partial charge on any atom is -0.366 e. The van der Waals surface area contributed by atoms with E-state index >= 15 is 0 Å². The summed E-state index contributed by atoms with van der Waals surface area (Å²) in [5.41, 5.74) is 7.40. The molecule has 74 valence electrons. The quantitative estimate of drug-likeness (QED) is 0.748. The van der Waals surface area contributed by atoms with Crippen molar-refractivity contribution in [1.29, 1.82) is 0 Å². The summed E-state index contributed by atoms with van der Waals surface area (Å²) in [7, 11) is 0. The number of nitrogens with two attached hydrogens (primary N) is 1. The number of hydrogen-bond donors (Lipinski definition) is 1. The molecule has 3 heteroatoms. The minimum atomic E-state index is -0.414. The van der Waals surface area contributed by atoms with Crippen LogP contribution >= 0.6 is 11.6 Å². The molecular weight excluding hydrogens is 198 g/mol. The van der Waals surface area contributed by atoms with Gasteiger partial charge in [-0.1, -0.05) is 29.8 Å². The lowest BCUT2D eigenvalue weighted by Gasteiger charge is -2.06. The third kappa shape index (κ3) is 2.15. The van der Waals surface area contributed by atoms with Crippen LogP contribution in [0.3, 0.4) is 0 Å². The van der Waals surface area contributed by atoms with Gasteiger partial charge < -0.3 is 5.73 Å². The number of carbonyl (C=O) groups is 1. The predicted molar refractivity (Wildman–Crippen MR) is 58.9 cm³/mol. The number of allylic oxidation sites excluding steroid dienone is 1. The first-order valence-electron chi connectivity index (χ1n) is 4.26. The first-order valence-corrected chi connectivity index (χ1v) is 4.64. The van der Waals surface area contributed by atoms with Gasteiger partial charge in [0, 0.05) is 10.6 Å². The van der Waals surface area contributed by atoms with Crippen LogP contribution in [0.15, 0.2) is 29.8 Å². The number of rotatable bonds is 2. The van der Waals surface area contributed by atoms with Crippen molar-refractivity contribution in [3.05, 3.63) is 40.4 Å². The number of carbonyl (C=O) groups excluding carboxylic acids is 1. The van der Waals surface area contributed by atoms with E-state index in [0.29, 0.717) is 10.6 Å². The number of amides is 1. The Bertz CT molecular complexity index is 396. The maximum atomic E-state index is 10.9. The van der Waals surface area contributed by atoms with E-state index in [1.807, 2.05) is 25.1 Å². The molecule has 0 unspecified atom stereocenters. The maximum Gasteiger partial charge on any atom is 0.244 e. The third-order valence-corrected chi connectivity index (χ3v) is 2.54. The first-order chi connectivity index (χ1) is 6.54. The molecule has 0 heterocycles. The summed E-state index contributed by atoms with van der Waals surface area (Å²) < 4.78 is 0. The molecule has 2 N–H and O–H groups in total. The fourth-order valence-corrected chi connectivity index (χ4v) is 1.43. The minimum absolute atomic E-state index is 0.414. The van der Waals surface area contributed by atoms with Crippen molar-refractivity contribution in [2.45, 2.75) is 13.8 Å². The van der Waals surface area contributed by atoms with Crippen LogP contribution in [0.2, 0.25) is 5.02 Å². The molecule has 2 nitrogen and oxygen atoms in total. The van der Waals surface area contributed by atoms with Crippen molar-refractivity contribution < 1.29 is 4.79 Å². The monoisotopic (exact) mass is 209 g/mol. The van der Waals surface area contributed by atoms with Gasteiger partial charge in [-0.05, 0) is 31.1 Å². The van der Waals surface area contributed by atoms with Gasteiger partial charge in [-0.3, -0.25) is 4.79 Å². The Morgan fingerprint density at radius 1 is 1.29 bits per heavy atom. The van der Waals surface area contributed by atoms with Crippen molar-refractivity contribution in [3.8, 4) is 0 Å². The van der Waals surface area contributed by atoms with Gasteiger partial charge in [0.05, 0.1) is 0 Å². The van der Waals surface area contributed by atoms with Gasteiger partial charge in [0.15, 0.2) is 0 Å². The van der Waals surface area contributed by atoms with Crippen molar-refractivity contribution in [2.24, 2.45) is 5.73 Å². The van der Waals surface area contributed by atoms with Gasteiger partial charge in [0.1, 0.15) is 0 Å². The van der Waals surface area contributed by atoms with Crippen molar-refractivity contribution >= 4 is 23.1 Å². The Labute approximate surface area is 88.4 Å². The van der Waals surface area contributed by atoms with Crippen LogP contribution in [0.1, 0.15) is 19.4 Å². The van der Waals surface area contributed by atoms with Crippen molar-refractivity contribution in [2.75, 3.05) is 0 Å². The molecule has 1 aromatic rings. The highest BCUT2D eigenvalue weighted by Gasteiger charge is 2.07. The van der Waals surface area contributed by atoms with Crippen LogP contribution in [-0.4, -0.2) is 5.91 Å². The molecule has 0 saturated heterocycles. The van der Waals surface area contributed by atoms with E-state index < -0.39 is 5.91 Å². The number of benzene rings is 1. The highest BCUT2D eigenvalue weighted by Crippen LogP contribution is 2.25. The SMILES string of the molecule is CC(C(N)=O)=C(C)c1ccccc1Cl. The lowest BCUT2D eigenvalue weighted by Crippen LogP contribution is -2.12. The maximum absolute atomic E-state index is 10.9. The molecule has 14 heavy (non-hydrogen) atoms. The smallest absolute Gasteiger partial charge is 0.244 e. The van der Waals surface area contributed by atoms with Gasteiger partial charge in [-0.25, -0.2) is 0 Å². The van der Waals surface area contributed by atoms with E-state index in [4.69, 9.17) is 17.3 Å². The van der Waals surface area contributed by atoms with Gasteiger partial charge in [0.25, 0.3) is 0 Å². The van der Waals surface area contributed by atoms with Gasteiger partial charge >= 0.3 is 0 Å². The Kier molecular flexibility index (Phi) is 3.31. The molecule has 1 amide bonds. The topological polar surface area (TPSA) is 43.1 Å². The van der Waals surface area contributed by atoms with E-state index in [9.17, 15) is 4.79 Å². The molecule has 0 atom stereocenters. The third-order valence-electron chi connectivity index (χ3n) is 2.21. The fourth-order valence-electron chi connectivity index (χ4n) is 1.15. The second kappa shape index (κ2) is 4.29. The zero-order valence-electron chi connectivity index (χ0n) is 8.17. The van der Waals surface area contributed by atoms with E-state index in [1.165, 1.54) is 0 Å². The summed E-state index contributed by atoms with van der Waals surface area (Å²) in [6.45, 7) is 3.53. The zero-order chi connectivity index (χ0) is 10.7. The first kappa shape index (κ1) is 10.8. The second-order valence-electron chi connectivity index (χ2n) is 3.09. The normalized spacial score (nSPS) is 12.2. The van der Waals surface area contributed by atoms with Crippen LogP contribution in [0.5, 0.6) is 0 Å². The Hall–Kier alpha value is -1.28. The molecule has 0 radical (unpaired) electrons. The van der Waals surface area contributed by atoms with Crippen LogP contribution in [-0.2, 0) is 4.79 Å². The lowest BCUT2D eigenvalue weighted by atomic mass is 10.0. The Balaban J connectivity index is 3.25. The van der Waals surface area contributed by atoms with Crippen LogP contribution in [0.25, 0.3) is 5.57 Å². The second-order valence-corrected chi connectivity index (χ2v) is 3.50. The largest absolute Gasteiger partial charge is 0.366 e. The van der Waals surface area contributed by atoms with E-state index in [2.05, 4.69) is 0 Å². The number of primary amides is 1. The van der Waals surface area contributed by atoms with Gasteiger partial charge in [-0.2, -0.15) is 0 Å². The molecule has 0 aliphatic rings. The average Bonchev–Trinajstić information content (AvgIpc) is 2.16. The summed E-state index contributed by atoms with van der Waals surface area (Å²) in [6.07, 6.45) is 0.